The van der Waals surface area contributed by atoms with Crippen LogP contribution in [0.3, 0.4) is 0 Å². The third-order valence-corrected chi connectivity index (χ3v) is 3.50. The molecule has 0 spiro atoms. The lowest BCUT2D eigenvalue weighted by Crippen LogP contribution is -2.03. The van der Waals surface area contributed by atoms with E-state index in [0.717, 1.165) is 18.6 Å². The number of aryl methyl sites for hydroxylation is 2. The van der Waals surface area contributed by atoms with Crippen LogP contribution in [0.25, 0.3) is 0 Å². The van der Waals surface area contributed by atoms with Gasteiger partial charge in [-0.3, -0.25) is 0 Å². The summed E-state index contributed by atoms with van der Waals surface area (Å²) < 4.78 is 11.1. The van der Waals surface area contributed by atoms with Gasteiger partial charge in [-0.05, 0) is 49.4 Å². The first-order chi connectivity index (χ1) is 10.2. The number of nitrogens with zero attached hydrogens (tertiary/aromatic N) is 2. The van der Waals surface area contributed by atoms with Crippen LogP contribution in [-0.4, -0.2) is 16.6 Å². The predicted molar refractivity (Wildman–Crippen MR) is 80.3 cm³/mol. The summed E-state index contributed by atoms with van der Waals surface area (Å²) in [6, 6.07) is 7.82. The number of benzene rings is 1. The van der Waals surface area contributed by atoms with Crippen LogP contribution in [0.5, 0.6) is 11.6 Å². The smallest absolute Gasteiger partial charge is 0.224 e. The number of fused-ring (bicyclic) bond motifs is 1. The zero-order valence-electron chi connectivity index (χ0n) is 12.1. The number of hydrogen-bond donors (Lipinski definition) is 1. The molecule has 0 atom stereocenters. The van der Waals surface area contributed by atoms with Crippen LogP contribution >= 0.6 is 0 Å². The van der Waals surface area contributed by atoms with E-state index < -0.39 is 0 Å². The third kappa shape index (κ3) is 3.31. The van der Waals surface area contributed by atoms with Crippen molar-refractivity contribution in [3.05, 3.63) is 41.2 Å². The number of ether oxygens (including phenoxy) is 2. The van der Waals surface area contributed by atoms with Crippen molar-refractivity contribution in [3.63, 3.8) is 0 Å². The lowest BCUT2D eigenvalue weighted by atomic mass is 10.1. The van der Waals surface area contributed by atoms with E-state index in [1.54, 1.807) is 6.07 Å². The van der Waals surface area contributed by atoms with Crippen molar-refractivity contribution in [2.45, 2.75) is 32.8 Å². The second kappa shape index (κ2) is 6.10. The summed E-state index contributed by atoms with van der Waals surface area (Å²) in [6.45, 7) is 2.87. The molecular formula is C16H19N3O2. The van der Waals surface area contributed by atoms with Crippen LogP contribution in [-0.2, 0) is 24.2 Å². The largest absolute Gasteiger partial charge is 0.439 e. The van der Waals surface area contributed by atoms with E-state index in [1.807, 2.05) is 13.0 Å². The molecule has 0 saturated heterocycles. The van der Waals surface area contributed by atoms with Gasteiger partial charge < -0.3 is 15.2 Å². The van der Waals surface area contributed by atoms with Crippen LogP contribution < -0.4 is 10.5 Å². The maximum Gasteiger partial charge on any atom is 0.224 e. The SMILES string of the molecule is CCOCc1nc(N)cc(Oc2ccc3c(c2)CCC3)n1. The van der Waals surface area contributed by atoms with Gasteiger partial charge in [0.05, 0.1) is 0 Å². The molecule has 0 saturated carbocycles. The molecular weight excluding hydrogens is 266 g/mol. The molecule has 0 amide bonds. The molecule has 0 bridgehead atoms. The molecule has 5 nitrogen and oxygen atoms in total. The third-order valence-electron chi connectivity index (χ3n) is 3.50. The molecule has 0 aliphatic heterocycles. The Labute approximate surface area is 124 Å². The van der Waals surface area contributed by atoms with Gasteiger partial charge in [-0.2, -0.15) is 4.98 Å². The summed E-state index contributed by atoms with van der Waals surface area (Å²) >= 11 is 0. The summed E-state index contributed by atoms with van der Waals surface area (Å²) in [5.74, 6) is 2.16. The molecule has 0 radical (unpaired) electrons. The minimum atomic E-state index is 0.335. The molecule has 0 fully saturated rings. The highest BCUT2D eigenvalue weighted by Crippen LogP contribution is 2.28. The Morgan fingerprint density at radius 3 is 2.86 bits per heavy atom. The van der Waals surface area contributed by atoms with E-state index in [9.17, 15) is 0 Å². The zero-order chi connectivity index (χ0) is 14.7. The van der Waals surface area contributed by atoms with Crippen LogP contribution in [0.4, 0.5) is 5.82 Å². The molecule has 1 aliphatic carbocycles. The van der Waals surface area contributed by atoms with E-state index >= 15 is 0 Å². The van der Waals surface area contributed by atoms with Crippen molar-refractivity contribution in [2.75, 3.05) is 12.3 Å². The number of anilines is 1. The van der Waals surface area contributed by atoms with E-state index in [1.165, 1.54) is 17.5 Å². The Kier molecular flexibility index (Phi) is 4.01. The van der Waals surface area contributed by atoms with Crippen molar-refractivity contribution in [2.24, 2.45) is 0 Å². The lowest BCUT2D eigenvalue weighted by molar-refractivity contribution is 0.128. The van der Waals surface area contributed by atoms with E-state index in [0.29, 0.717) is 30.7 Å². The standard InChI is InChI=1S/C16H19N3O2/c1-2-20-10-15-18-14(17)9-16(19-15)21-13-7-6-11-4-3-5-12(11)8-13/h6-9H,2-5,10H2,1H3,(H2,17,18,19). The number of aromatic nitrogens is 2. The normalized spacial score (nSPS) is 13.2. The highest BCUT2D eigenvalue weighted by molar-refractivity contribution is 5.41. The molecule has 110 valence electrons. The summed E-state index contributed by atoms with van der Waals surface area (Å²) in [5.41, 5.74) is 8.57. The molecule has 3 rings (SSSR count). The van der Waals surface area contributed by atoms with Gasteiger partial charge in [0.2, 0.25) is 5.88 Å². The van der Waals surface area contributed by atoms with Crippen LogP contribution in [0, 0.1) is 0 Å². The van der Waals surface area contributed by atoms with Crippen LogP contribution in [0.1, 0.15) is 30.3 Å². The second-order valence-electron chi connectivity index (χ2n) is 5.07. The molecule has 0 unspecified atom stereocenters. The molecule has 2 N–H and O–H groups in total. The van der Waals surface area contributed by atoms with Crippen molar-refractivity contribution >= 4 is 5.82 Å². The highest BCUT2D eigenvalue weighted by atomic mass is 16.5. The van der Waals surface area contributed by atoms with Crippen molar-refractivity contribution in [1.29, 1.82) is 0 Å². The van der Waals surface area contributed by atoms with Gasteiger partial charge in [0.1, 0.15) is 18.2 Å². The number of nitrogen functional groups attached to an aromatic ring is 1. The van der Waals surface area contributed by atoms with E-state index in [-0.39, 0.29) is 0 Å². The van der Waals surface area contributed by atoms with Crippen LogP contribution in [0.15, 0.2) is 24.3 Å². The summed E-state index contributed by atoms with van der Waals surface area (Å²) in [4.78, 5) is 8.45. The second-order valence-corrected chi connectivity index (χ2v) is 5.07. The first kappa shape index (κ1) is 13.8. The summed E-state index contributed by atoms with van der Waals surface area (Å²) in [7, 11) is 0. The minimum absolute atomic E-state index is 0.335. The van der Waals surface area contributed by atoms with Gasteiger partial charge in [0, 0.05) is 12.7 Å². The van der Waals surface area contributed by atoms with E-state index in [2.05, 4.69) is 22.1 Å². The molecule has 21 heavy (non-hydrogen) atoms. The Morgan fingerprint density at radius 1 is 1.14 bits per heavy atom. The number of rotatable bonds is 5. The average molecular weight is 285 g/mol. The molecule has 1 aromatic heterocycles. The minimum Gasteiger partial charge on any atom is -0.439 e. The Balaban J connectivity index is 1.79. The molecule has 2 aromatic rings. The number of nitrogens with two attached hydrogens (primary N) is 1. The monoisotopic (exact) mass is 285 g/mol. The summed E-state index contributed by atoms with van der Waals surface area (Å²) in [5, 5.41) is 0. The fourth-order valence-corrected chi connectivity index (χ4v) is 2.53. The van der Waals surface area contributed by atoms with Crippen molar-refractivity contribution in [1.82, 2.24) is 9.97 Å². The quantitative estimate of drug-likeness (QED) is 0.914. The first-order valence-electron chi connectivity index (χ1n) is 7.25. The Hall–Kier alpha value is -2.14. The average Bonchev–Trinajstić information content (AvgIpc) is 2.92. The van der Waals surface area contributed by atoms with Crippen molar-refractivity contribution < 1.29 is 9.47 Å². The van der Waals surface area contributed by atoms with Crippen molar-refractivity contribution in [3.8, 4) is 11.6 Å². The fraction of sp³-hybridized carbons (Fsp3) is 0.375. The van der Waals surface area contributed by atoms with Gasteiger partial charge in [-0.25, -0.2) is 4.98 Å². The van der Waals surface area contributed by atoms with Gasteiger partial charge >= 0.3 is 0 Å². The summed E-state index contributed by atoms with van der Waals surface area (Å²) in [6.07, 6.45) is 3.50. The molecule has 5 heteroatoms. The lowest BCUT2D eigenvalue weighted by Gasteiger charge is -2.09. The Morgan fingerprint density at radius 2 is 2.00 bits per heavy atom. The van der Waals surface area contributed by atoms with Gasteiger partial charge in [0.15, 0.2) is 5.82 Å². The molecule has 1 heterocycles. The molecule has 1 aliphatic rings. The maximum atomic E-state index is 5.82. The van der Waals surface area contributed by atoms with Gasteiger partial charge in [-0.15, -0.1) is 0 Å². The van der Waals surface area contributed by atoms with Gasteiger partial charge in [0.25, 0.3) is 0 Å². The van der Waals surface area contributed by atoms with E-state index in [4.69, 9.17) is 15.2 Å². The predicted octanol–water partition coefficient (Wildman–Crippen LogP) is 2.88. The maximum absolute atomic E-state index is 5.82. The number of hydrogen-bond acceptors (Lipinski definition) is 5. The van der Waals surface area contributed by atoms with Crippen LogP contribution in [0.2, 0.25) is 0 Å². The highest BCUT2D eigenvalue weighted by Gasteiger charge is 2.12. The Bertz CT molecular complexity index is 643. The van der Waals surface area contributed by atoms with Gasteiger partial charge in [-0.1, -0.05) is 6.07 Å². The zero-order valence-corrected chi connectivity index (χ0v) is 12.1. The first-order valence-corrected chi connectivity index (χ1v) is 7.25. The topological polar surface area (TPSA) is 70.3 Å². The fourth-order valence-electron chi connectivity index (χ4n) is 2.53. The molecule has 1 aromatic carbocycles.